The number of aliphatic hydroxyl groups is 1. The van der Waals surface area contributed by atoms with Crippen molar-refractivity contribution in [2.24, 2.45) is 0 Å². The first kappa shape index (κ1) is 12.4. The topological polar surface area (TPSA) is 46.3 Å². The van der Waals surface area contributed by atoms with Crippen molar-refractivity contribution in [2.75, 3.05) is 6.61 Å². The van der Waals surface area contributed by atoms with Gasteiger partial charge >= 0.3 is 0 Å². The highest BCUT2D eigenvalue weighted by atomic mass is 16.5. The van der Waals surface area contributed by atoms with Gasteiger partial charge in [-0.3, -0.25) is 0 Å². The van der Waals surface area contributed by atoms with Crippen LogP contribution >= 0.6 is 0 Å². The first-order chi connectivity index (χ1) is 9.14. The first-order valence-corrected chi connectivity index (χ1v) is 6.80. The fourth-order valence-corrected chi connectivity index (χ4v) is 2.65. The van der Waals surface area contributed by atoms with Gasteiger partial charge in [0.2, 0.25) is 0 Å². The third kappa shape index (κ3) is 1.98. The number of nitrogens with zero attached hydrogens (tertiary/aromatic N) is 1. The van der Waals surface area contributed by atoms with E-state index in [1.807, 2.05) is 6.07 Å². The van der Waals surface area contributed by atoms with Crippen LogP contribution in [0.2, 0.25) is 0 Å². The van der Waals surface area contributed by atoms with Crippen LogP contribution in [-0.2, 0) is 5.41 Å². The summed E-state index contributed by atoms with van der Waals surface area (Å²) in [4.78, 5) is 0. The van der Waals surface area contributed by atoms with Crippen molar-refractivity contribution in [2.45, 2.75) is 38.5 Å². The third-order valence-electron chi connectivity index (χ3n) is 4.46. The largest absolute Gasteiger partial charge is 0.395 e. The molecular weight excluding hydrogens is 238 g/mol. The van der Waals surface area contributed by atoms with Crippen molar-refractivity contribution in [1.29, 1.82) is 0 Å². The second kappa shape index (κ2) is 4.49. The smallest absolute Gasteiger partial charge is 0.167 e. The molecular formula is C16H19NO2. The maximum atomic E-state index is 9.57. The summed E-state index contributed by atoms with van der Waals surface area (Å²) < 4.78 is 5.47. The van der Waals surface area contributed by atoms with Gasteiger partial charge in [0.1, 0.15) is 0 Å². The van der Waals surface area contributed by atoms with Gasteiger partial charge < -0.3 is 9.63 Å². The van der Waals surface area contributed by atoms with Gasteiger partial charge in [0.25, 0.3) is 0 Å². The van der Waals surface area contributed by atoms with Crippen LogP contribution in [0.4, 0.5) is 0 Å². The fourth-order valence-electron chi connectivity index (χ4n) is 2.65. The molecule has 0 unspecified atom stereocenters. The van der Waals surface area contributed by atoms with E-state index in [9.17, 15) is 5.11 Å². The van der Waals surface area contributed by atoms with E-state index < -0.39 is 0 Å². The zero-order valence-electron chi connectivity index (χ0n) is 11.4. The number of aryl methyl sites for hydroxylation is 2. The minimum atomic E-state index is -0.151. The highest BCUT2D eigenvalue weighted by Crippen LogP contribution is 2.43. The number of aromatic nitrogens is 1. The molecule has 0 atom stereocenters. The van der Waals surface area contributed by atoms with Crippen LogP contribution < -0.4 is 0 Å². The molecule has 3 rings (SSSR count). The van der Waals surface area contributed by atoms with Crippen LogP contribution in [0.5, 0.6) is 0 Å². The maximum absolute atomic E-state index is 9.57. The average molecular weight is 257 g/mol. The monoisotopic (exact) mass is 257 g/mol. The summed E-state index contributed by atoms with van der Waals surface area (Å²) in [6.45, 7) is 4.35. The number of aliphatic hydroxyl groups excluding tert-OH is 1. The Balaban J connectivity index is 1.94. The zero-order valence-corrected chi connectivity index (χ0v) is 11.4. The predicted octanol–water partition coefficient (Wildman–Crippen LogP) is 3.37. The van der Waals surface area contributed by atoms with Gasteiger partial charge in [-0.05, 0) is 43.9 Å². The van der Waals surface area contributed by atoms with Crippen LogP contribution in [0.1, 0.15) is 36.1 Å². The molecule has 1 fully saturated rings. The van der Waals surface area contributed by atoms with Crippen LogP contribution in [0.15, 0.2) is 28.8 Å². The zero-order chi connectivity index (χ0) is 13.5. The van der Waals surface area contributed by atoms with E-state index in [0.717, 1.165) is 36.3 Å². The Hall–Kier alpha value is -1.61. The molecule has 1 saturated carbocycles. The van der Waals surface area contributed by atoms with Crippen LogP contribution in [0.25, 0.3) is 11.3 Å². The van der Waals surface area contributed by atoms with Gasteiger partial charge in [-0.2, -0.15) is 0 Å². The van der Waals surface area contributed by atoms with Crippen LogP contribution in [0.3, 0.4) is 0 Å². The number of rotatable bonds is 3. The SMILES string of the molecule is Cc1ccc(-c2cc(C3(CO)CCC3)no2)cc1C. The van der Waals surface area contributed by atoms with Gasteiger partial charge in [-0.15, -0.1) is 0 Å². The van der Waals surface area contributed by atoms with Crippen molar-refractivity contribution in [1.82, 2.24) is 5.16 Å². The predicted molar refractivity (Wildman–Crippen MR) is 74.0 cm³/mol. The van der Waals surface area contributed by atoms with E-state index in [1.54, 1.807) is 0 Å². The quantitative estimate of drug-likeness (QED) is 0.917. The van der Waals surface area contributed by atoms with E-state index in [2.05, 4.69) is 37.2 Å². The summed E-state index contributed by atoms with van der Waals surface area (Å²) in [5.74, 6) is 0.790. The molecule has 1 aliphatic rings. The molecule has 0 aliphatic heterocycles. The summed E-state index contributed by atoms with van der Waals surface area (Å²) in [5.41, 5.74) is 4.32. The van der Waals surface area contributed by atoms with Gasteiger partial charge in [0, 0.05) is 17.0 Å². The van der Waals surface area contributed by atoms with E-state index in [0.29, 0.717) is 0 Å². The fraction of sp³-hybridized carbons (Fsp3) is 0.438. The second-order valence-electron chi connectivity index (χ2n) is 5.67. The first-order valence-electron chi connectivity index (χ1n) is 6.80. The molecule has 0 amide bonds. The van der Waals surface area contributed by atoms with Crippen molar-refractivity contribution < 1.29 is 9.63 Å². The average Bonchev–Trinajstić information content (AvgIpc) is 2.82. The summed E-state index contributed by atoms with van der Waals surface area (Å²) in [7, 11) is 0. The summed E-state index contributed by atoms with van der Waals surface area (Å²) in [6, 6.07) is 8.25. The molecule has 2 aromatic rings. The lowest BCUT2D eigenvalue weighted by atomic mass is 9.67. The van der Waals surface area contributed by atoms with Gasteiger partial charge in [-0.1, -0.05) is 23.7 Å². The van der Waals surface area contributed by atoms with Gasteiger partial charge in [0.15, 0.2) is 5.76 Å². The highest BCUT2D eigenvalue weighted by molar-refractivity contribution is 5.59. The van der Waals surface area contributed by atoms with Crippen molar-refractivity contribution in [3.05, 3.63) is 41.1 Å². The molecule has 1 aromatic carbocycles. The van der Waals surface area contributed by atoms with Crippen LogP contribution in [-0.4, -0.2) is 16.9 Å². The minimum Gasteiger partial charge on any atom is -0.395 e. The summed E-state index contributed by atoms with van der Waals surface area (Å²) in [6.07, 6.45) is 3.16. The number of hydrogen-bond donors (Lipinski definition) is 1. The van der Waals surface area contributed by atoms with Crippen molar-refractivity contribution in [3.63, 3.8) is 0 Å². The minimum absolute atomic E-state index is 0.151. The second-order valence-corrected chi connectivity index (χ2v) is 5.67. The lowest BCUT2D eigenvalue weighted by Crippen LogP contribution is -2.38. The molecule has 0 radical (unpaired) electrons. The van der Waals surface area contributed by atoms with Crippen molar-refractivity contribution in [3.8, 4) is 11.3 Å². The lowest BCUT2D eigenvalue weighted by molar-refractivity contribution is 0.113. The molecule has 3 heteroatoms. The number of benzene rings is 1. The maximum Gasteiger partial charge on any atom is 0.167 e. The Morgan fingerprint density at radius 2 is 2.00 bits per heavy atom. The van der Waals surface area contributed by atoms with E-state index in [-0.39, 0.29) is 12.0 Å². The molecule has 100 valence electrons. The Bertz CT molecular complexity index is 591. The normalized spacial score (nSPS) is 17.2. The molecule has 0 saturated heterocycles. The molecule has 1 N–H and O–H groups in total. The molecule has 1 aromatic heterocycles. The van der Waals surface area contributed by atoms with E-state index in [4.69, 9.17) is 4.52 Å². The molecule has 3 nitrogen and oxygen atoms in total. The van der Waals surface area contributed by atoms with Crippen LogP contribution in [0, 0.1) is 13.8 Å². The van der Waals surface area contributed by atoms with Gasteiger partial charge in [-0.25, -0.2) is 0 Å². The highest BCUT2D eigenvalue weighted by Gasteiger charge is 2.40. The van der Waals surface area contributed by atoms with Crippen molar-refractivity contribution >= 4 is 0 Å². The molecule has 1 heterocycles. The summed E-state index contributed by atoms with van der Waals surface area (Å²) in [5, 5.41) is 13.7. The van der Waals surface area contributed by atoms with Gasteiger partial charge in [0.05, 0.1) is 12.3 Å². The van der Waals surface area contributed by atoms with E-state index in [1.165, 1.54) is 11.1 Å². The lowest BCUT2D eigenvalue weighted by Gasteiger charge is -2.38. The molecule has 1 aliphatic carbocycles. The Morgan fingerprint density at radius 3 is 2.58 bits per heavy atom. The Morgan fingerprint density at radius 1 is 1.21 bits per heavy atom. The third-order valence-corrected chi connectivity index (χ3v) is 4.46. The Labute approximate surface area is 113 Å². The molecule has 0 bridgehead atoms. The number of hydrogen-bond acceptors (Lipinski definition) is 3. The Kier molecular flexibility index (Phi) is 2.94. The molecule has 19 heavy (non-hydrogen) atoms. The summed E-state index contributed by atoms with van der Waals surface area (Å²) >= 11 is 0. The standard InChI is InChI=1S/C16H19NO2/c1-11-4-5-13(8-12(11)2)14-9-15(17-19-14)16(10-18)6-3-7-16/h4-5,8-9,18H,3,6-7,10H2,1-2H3. The molecule has 0 spiro atoms. The van der Waals surface area contributed by atoms with E-state index >= 15 is 0 Å².